The van der Waals surface area contributed by atoms with Gasteiger partial charge in [0.25, 0.3) is 0 Å². The average molecular weight is 569 g/mol. The van der Waals surface area contributed by atoms with E-state index in [-0.39, 0.29) is 18.5 Å². The maximum absolute atomic E-state index is 14.3. The summed E-state index contributed by atoms with van der Waals surface area (Å²) >= 11 is 0. The molecule has 3 aromatic heterocycles. The van der Waals surface area contributed by atoms with Crippen LogP contribution in [-0.4, -0.2) is 84.6 Å². The normalized spacial score (nSPS) is 20.5. The van der Waals surface area contributed by atoms with Crippen LogP contribution in [0.15, 0.2) is 61.1 Å². The Morgan fingerprint density at radius 3 is 2.50 bits per heavy atom. The smallest absolute Gasteiger partial charge is 0.164 e. The predicted molar refractivity (Wildman–Crippen MR) is 163 cm³/mol. The van der Waals surface area contributed by atoms with Gasteiger partial charge in [-0.15, -0.1) is 0 Å². The van der Waals surface area contributed by atoms with E-state index in [2.05, 4.69) is 53.3 Å². The third-order valence-corrected chi connectivity index (χ3v) is 9.21. The van der Waals surface area contributed by atoms with Gasteiger partial charge in [0.15, 0.2) is 5.65 Å². The maximum atomic E-state index is 14.3. The van der Waals surface area contributed by atoms with E-state index in [0.717, 1.165) is 91.6 Å². The van der Waals surface area contributed by atoms with Gasteiger partial charge in [0.2, 0.25) is 0 Å². The van der Waals surface area contributed by atoms with Crippen LogP contribution in [0.3, 0.4) is 0 Å². The van der Waals surface area contributed by atoms with Crippen LogP contribution in [0.25, 0.3) is 33.2 Å². The number of nitrogens with two attached hydrogens (primary N) is 1. The number of aromatic nitrogens is 5. The molecule has 2 aliphatic rings. The van der Waals surface area contributed by atoms with Crippen molar-refractivity contribution in [1.29, 1.82) is 0 Å². The molecule has 9 nitrogen and oxygen atoms in total. The van der Waals surface area contributed by atoms with E-state index >= 15 is 0 Å². The van der Waals surface area contributed by atoms with Gasteiger partial charge >= 0.3 is 0 Å². The number of aliphatic hydroxyl groups is 1. The highest BCUT2D eigenvalue weighted by Crippen LogP contribution is 2.38. The molecule has 10 heteroatoms. The number of nitrogens with zero attached hydrogens (tertiary/aromatic N) is 7. The number of anilines is 1. The van der Waals surface area contributed by atoms with Crippen LogP contribution >= 0.6 is 0 Å². The minimum absolute atomic E-state index is 0.196. The van der Waals surface area contributed by atoms with Crippen molar-refractivity contribution in [1.82, 2.24) is 34.1 Å². The van der Waals surface area contributed by atoms with Gasteiger partial charge < -0.3 is 15.4 Å². The highest BCUT2D eigenvalue weighted by Gasteiger charge is 2.31. The molecule has 0 unspecified atom stereocenters. The van der Waals surface area contributed by atoms with Gasteiger partial charge in [-0.1, -0.05) is 24.3 Å². The second kappa shape index (κ2) is 11.4. The van der Waals surface area contributed by atoms with Crippen LogP contribution in [0.4, 0.5) is 10.2 Å². The molecule has 0 radical (unpaired) electrons. The molecule has 2 fully saturated rings. The lowest BCUT2D eigenvalue weighted by Gasteiger charge is -2.41. The van der Waals surface area contributed by atoms with E-state index < -0.39 is 0 Å². The molecule has 0 spiro atoms. The summed E-state index contributed by atoms with van der Waals surface area (Å²) in [6.07, 6.45) is 7.87. The van der Waals surface area contributed by atoms with Crippen molar-refractivity contribution >= 4 is 27.8 Å². The molecule has 0 amide bonds. The first kappa shape index (κ1) is 27.0. The first-order valence-electron chi connectivity index (χ1n) is 15.0. The number of hydrogen-bond acceptors (Lipinski definition) is 7. The molecule has 7 rings (SSSR count). The Hall–Kier alpha value is -3.86. The van der Waals surface area contributed by atoms with Crippen molar-refractivity contribution in [3.63, 3.8) is 0 Å². The zero-order valence-electron chi connectivity index (χ0n) is 23.7. The maximum Gasteiger partial charge on any atom is 0.164 e. The van der Waals surface area contributed by atoms with Gasteiger partial charge in [-0.2, -0.15) is 5.10 Å². The van der Waals surface area contributed by atoms with Crippen LogP contribution in [0.5, 0.6) is 0 Å². The van der Waals surface area contributed by atoms with E-state index in [4.69, 9.17) is 10.8 Å². The second-order valence-electron chi connectivity index (χ2n) is 11.6. The van der Waals surface area contributed by atoms with Gasteiger partial charge in [-0.3, -0.25) is 9.80 Å². The lowest BCUT2D eigenvalue weighted by Crippen LogP contribution is -2.51. The molecule has 1 saturated carbocycles. The molecule has 0 atom stereocenters. The Morgan fingerprint density at radius 2 is 1.71 bits per heavy atom. The highest BCUT2D eigenvalue weighted by atomic mass is 19.1. The molecule has 1 aliphatic heterocycles. The zero-order valence-corrected chi connectivity index (χ0v) is 23.7. The molecule has 3 N–H and O–H groups in total. The topological polar surface area (TPSA) is 101 Å². The fourth-order valence-electron chi connectivity index (χ4n) is 6.91. The van der Waals surface area contributed by atoms with Crippen molar-refractivity contribution in [3.05, 3.63) is 72.4 Å². The van der Waals surface area contributed by atoms with Crippen molar-refractivity contribution in [2.75, 3.05) is 45.1 Å². The third-order valence-electron chi connectivity index (χ3n) is 9.21. The van der Waals surface area contributed by atoms with E-state index in [1.54, 1.807) is 6.07 Å². The number of nitrogen functional groups attached to an aromatic ring is 1. The largest absolute Gasteiger partial charge is 0.395 e. The molecule has 0 bridgehead atoms. The Morgan fingerprint density at radius 1 is 0.929 bits per heavy atom. The van der Waals surface area contributed by atoms with Crippen LogP contribution < -0.4 is 5.73 Å². The average Bonchev–Trinajstić information content (AvgIpc) is 3.61. The van der Waals surface area contributed by atoms with E-state index in [9.17, 15) is 9.50 Å². The van der Waals surface area contributed by atoms with Crippen molar-refractivity contribution in [3.8, 4) is 11.3 Å². The number of β-amino-alcohol motifs (C(OH)–C–C–N with tert-alkyl or cyclic N) is 1. The minimum atomic E-state index is -0.196. The lowest BCUT2D eigenvalue weighted by atomic mass is 9.90. The van der Waals surface area contributed by atoms with Crippen molar-refractivity contribution < 1.29 is 9.50 Å². The van der Waals surface area contributed by atoms with E-state index in [1.807, 2.05) is 18.3 Å². The third kappa shape index (κ3) is 5.04. The molecule has 218 valence electrons. The monoisotopic (exact) mass is 568 g/mol. The number of halogens is 1. The van der Waals surface area contributed by atoms with Crippen molar-refractivity contribution in [2.24, 2.45) is 0 Å². The van der Waals surface area contributed by atoms with Crippen LogP contribution in [-0.2, 0) is 6.54 Å². The summed E-state index contributed by atoms with van der Waals surface area (Å²) < 4.78 is 18.5. The number of piperazine rings is 1. The molecular formula is C32H37FN8O. The van der Waals surface area contributed by atoms with Gasteiger partial charge in [0.1, 0.15) is 23.7 Å². The van der Waals surface area contributed by atoms with Crippen LogP contribution in [0.2, 0.25) is 0 Å². The summed E-state index contributed by atoms with van der Waals surface area (Å²) in [5, 5.41) is 16.2. The predicted octanol–water partition coefficient (Wildman–Crippen LogP) is 4.31. The van der Waals surface area contributed by atoms with Gasteiger partial charge in [-0.25, -0.2) is 19.0 Å². The number of rotatable bonds is 7. The molecule has 42 heavy (non-hydrogen) atoms. The molecule has 5 aromatic rings. The standard InChI is InChI=1S/C32H37FN8O/c33-27-4-2-1-3-24(27)20-40-12-11-22-19-23(5-10-28(22)40)30-29-31(34)35-21-36-32(29)41(37-30)26-8-6-25(7-9-26)39-15-13-38(14-16-39)17-18-42/h1-5,10-12,19,21,25-26,42H,6-9,13-18,20H2,(H2,34,35,36). The molecule has 1 saturated heterocycles. The number of fused-ring (bicyclic) bond motifs is 2. The van der Waals surface area contributed by atoms with E-state index in [0.29, 0.717) is 24.0 Å². The SMILES string of the molecule is Nc1ncnc2c1c(-c1ccc3c(ccn3Cc3ccccc3F)c1)nn2C1CCC(N2CCN(CCO)CC2)CC1. The number of benzene rings is 2. The number of hydrogen-bond donors (Lipinski definition) is 2. The summed E-state index contributed by atoms with van der Waals surface area (Å²) in [6.45, 7) is 5.66. The summed E-state index contributed by atoms with van der Waals surface area (Å²) in [5.41, 5.74) is 10.7. The van der Waals surface area contributed by atoms with Gasteiger partial charge in [0, 0.05) is 67.0 Å². The summed E-state index contributed by atoms with van der Waals surface area (Å²) in [6, 6.07) is 16.1. The molecular weight excluding hydrogens is 531 g/mol. The Labute approximate surface area is 244 Å². The summed E-state index contributed by atoms with van der Waals surface area (Å²) in [4.78, 5) is 13.9. The van der Waals surface area contributed by atoms with Crippen LogP contribution in [0, 0.1) is 5.82 Å². The summed E-state index contributed by atoms with van der Waals surface area (Å²) in [5.74, 6) is 0.242. The zero-order chi connectivity index (χ0) is 28.6. The van der Waals surface area contributed by atoms with Gasteiger partial charge in [0.05, 0.1) is 24.6 Å². The fraction of sp³-hybridized carbons (Fsp3) is 0.406. The Balaban J connectivity index is 1.13. The van der Waals surface area contributed by atoms with Gasteiger partial charge in [-0.05, 0) is 49.9 Å². The quantitative estimate of drug-likeness (QED) is 0.302. The summed E-state index contributed by atoms with van der Waals surface area (Å²) in [7, 11) is 0. The molecule has 1 aliphatic carbocycles. The first-order chi connectivity index (χ1) is 20.6. The highest BCUT2D eigenvalue weighted by molar-refractivity contribution is 6.00. The van der Waals surface area contributed by atoms with E-state index in [1.165, 1.54) is 12.4 Å². The van der Waals surface area contributed by atoms with Crippen molar-refractivity contribution in [2.45, 2.75) is 44.3 Å². The molecule has 4 heterocycles. The Kier molecular flexibility index (Phi) is 7.35. The fourth-order valence-corrected chi connectivity index (χ4v) is 6.91. The minimum Gasteiger partial charge on any atom is -0.395 e. The number of aliphatic hydroxyl groups excluding tert-OH is 1. The Bertz CT molecular complexity index is 1700. The second-order valence-corrected chi connectivity index (χ2v) is 11.6. The van der Waals surface area contributed by atoms with Crippen LogP contribution in [0.1, 0.15) is 37.3 Å². The molecule has 2 aromatic carbocycles. The lowest BCUT2D eigenvalue weighted by molar-refractivity contribution is 0.0629. The first-order valence-corrected chi connectivity index (χ1v) is 15.0.